The maximum atomic E-state index is 13.4. The van der Waals surface area contributed by atoms with Crippen LogP contribution in [-0.4, -0.2) is 34.0 Å². The molecular weight excluding hydrogens is 519 g/mol. The summed E-state index contributed by atoms with van der Waals surface area (Å²) in [6.07, 6.45) is 3.41. The molecule has 2 aliphatic heterocycles. The zero-order chi connectivity index (χ0) is 25.1. The van der Waals surface area contributed by atoms with E-state index in [9.17, 15) is 14.4 Å². The number of hydrogen-bond donors (Lipinski definition) is 0. The van der Waals surface area contributed by atoms with Crippen LogP contribution in [-0.2, 0) is 24.7 Å². The van der Waals surface area contributed by atoms with Crippen molar-refractivity contribution < 1.29 is 33.3 Å². The van der Waals surface area contributed by atoms with Crippen molar-refractivity contribution in [2.24, 2.45) is 0 Å². The first-order valence-corrected chi connectivity index (χ1v) is 11.8. The van der Waals surface area contributed by atoms with Gasteiger partial charge >= 0.3 is 17.9 Å². The van der Waals surface area contributed by atoms with Crippen molar-refractivity contribution in [3.63, 3.8) is 0 Å². The topological polar surface area (TPSA) is 88.1 Å². The number of rotatable bonds is 3. The molecule has 0 N–H and O–H groups in total. The van der Waals surface area contributed by atoms with Crippen LogP contribution in [0.2, 0.25) is 0 Å². The Bertz CT molecular complexity index is 1300. The van der Waals surface area contributed by atoms with E-state index < -0.39 is 33.8 Å². The third-order valence-corrected chi connectivity index (χ3v) is 7.62. The van der Waals surface area contributed by atoms with Gasteiger partial charge in [0.25, 0.3) is 0 Å². The summed E-state index contributed by atoms with van der Waals surface area (Å²) in [7, 11) is 0. The van der Waals surface area contributed by atoms with E-state index in [-0.39, 0.29) is 28.9 Å². The molecule has 35 heavy (non-hydrogen) atoms. The molecule has 2 unspecified atom stereocenters. The lowest BCUT2D eigenvalue weighted by Gasteiger charge is -2.39. The van der Waals surface area contributed by atoms with Gasteiger partial charge in [-0.1, -0.05) is 23.8 Å². The highest BCUT2D eigenvalue weighted by molar-refractivity contribution is 6.44. The Labute approximate surface area is 215 Å². The molecule has 1 spiro atoms. The van der Waals surface area contributed by atoms with Crippen LogP contribution in [0, 0.1) is 0 Å². The molecule has 2 aromatic carbocycles. The van der Waals surface area contributed by atoms with Gasteiger partial charge in [0.1, 0.15) is 23.0 Å². The van der Waals surface area contributed by atoms with E-state index in [0.29, 0.717) is 22.3 Å². The second-order valence-corrected chi connectivity index (χ2v) is 9.51. The van der Waals surface area contributed by atoms with Gasteiger partial charge in [-0.3, -0.25) is 9.59 Å². The molecule has 1 saturated heterocycles. The minimum atomic E-state index is -1.73. The first kappa shape index (κ1) is 23.7. The molecule has 0 saturated carbocycles. The van der Waals surface area contributed by atoms with Crippen LogP contribution in [0.4, 0.5) is 0 Å². The lowest BCUT2D eigenvalue weighted by molar-refractivity contribution is -0.148. The van der Waals surface area contributed by atoms with Gasteiger partial charge in [0.2, 0.25) is 0 Å². The molecule has 3 aliphatic rings. The number of ether oxygens (including phenoxy) is 4. The standard InChI is InChI=1S/C25H17Cl3O7/c1-12(29)32-15-4-6-17-19(9-15)34-20-10-16(33-13(2)30)5-7-18(20)25(17)21-8-3-14(11-26)22(27)24(21,28)23(31)35-25/h3-10,22H,11H2,1-2H3. The predicted octanol–water partition coefficient (Wildman–Crippen LogP) is 5.13. The van der Waals surface area contributed by atoms with E-state index in [4.69, 9.17) is 53.8 Å². The number of hydrogen-bond acceptors (Lipinski definition) is 7. The van der Waals surface area contributed by atoms with Crippen molar-refractivity contribution in [3.05, 3.63) is 70.8 Å². The fourth-order valence-corrected chi connectivity index (χ4v) is 5.69. The molecule has 0 aromatic heterocycles. The Morgan fingerprint density at radius 3 is 2.00 bits per heavy atom. The van der Waals surface area contributed by atoms with Crippen molar-refractivity contribution in [1.29, 1.82) is 0 Å². The van der Waals surface area contributed by atoms with Gasteiger partial charge in [-0.05, 0) is 29.8 Å². The predicted molar refractivity (Wildman–Crippen MR) is 128 cm³/mol. The minimum absolute atomic E-state index is 0.0838. The minimum Gasteiger partial charge on any atom is -0.456 e. The first-order chi connectivity index (χ1) is 16.6. The lowest BCUT2D eigenvalue weighted by atomic mass is 9.72. The van der Waals surface area contributed by atoms with Gasteiger partial charge in [0.15, 0.2) is 10.5 Å². The number of esters is 3. The molecule has 5 rings (SSSR count). The van der Waals surface area contributed by atoms with E-state index in [1.54, 1.807) is 36.4 Å². The van der Waals surface area contributed by atoms with Crippen LogP contribution in [0.5, 0.6) is 23.0 Å². The van der Waals surface area contributed by atoms with Gasteiger partial charge < -0.3 is 18.9 Å². The van der Waals surface area contributed by atoms with Crippen LogP contribution in [0.3, 0.4) is 0 Å². The van der Waals surface area contributed by atoms with Gasteiger partial charge in [-0.2, -0.15) is 0 Å². The maximum absolute atomic E-state index is 13.4. The van der Waals surface area contributed by atoms with Gasteiger partial charge in [-0.15, -0.1) is 23.2 Å². The molecule has 0 amide bonds. The largest absolute Gasteiger partial charge is 0.456 e. The van der Waals surface area contributed by atoms with Crippen LogP contribution in [0.1, 0.15) is 25.0 Å². The molecule has 0 bridgehead atoms. The second kappa shape index (κ2) is 8.29. The molecule has 180 valence electrons. The summed E-state index contributed by atoms with van der Waals surface area (Å²) in [6, 6.07) is 9.40. The average molecular weight is 536 g/mol. The monoisotopic (exact) mass is 534 g/mol. The molecule has 1 fully saturated rings. The van der Waals surface area contributed by atoms with Crippen LogP contribution in [0.25, 0.3) is 0 Å². The number of benzene rings is 2. The maximum Gasteiger partial charge on any atom is 0.335 e. The van der Waals surface area contributed by atoms with Crippen molar-refractivity contribution >= 4 is 52.7 Å². The van der Waals surface area contributed by atoms with E-state index in [1.807, 2.05) is 0 Å². The second-order valence-electron chi connectivity index (χ2n) is 8.21. The summed E-state index contributed by atoms with van der Waals surface area (Å²) in [5.41, 5.74) is 0.359. The summed E-state index contributed by atoms with van der Waals surface area (Å²) in [5.74, 6) is -0.728. The van der Waals surface area contributed by atoms with Crippen LogP contribution >= 0.6 is 34.8 Å². The van der Waals surface area contributed by atoms with Crippen molar-refractivity contribution in [2.75, 3.05) is 5.88 Å². The zero-order valence-electron chi connectivity index (χ0n) is 18.4. The number of alkyl halides is 3. The number of carbonyl (C=O) groups excluding carboxylic acids is 3. The van der Waals surface area contributed by atoms with Crippen molar-refractivity contribution in [3.8, 4) is 23.0 Å². The Kier molecular flexibility index (Phi) is 5.62. The number of fused-ring (bicyclic) bond motifs is 6. The summed E-state index contributed by atoms with van der Waals surface area (Å²) in [4.78, 5) is 34.7. The Morgan fingerprint density at radius 2 is 1.51 bits per heavy atom. The summed E-state index contributed by atoms with van der Waals surface area (Å²) < 4.78 is 22.6. The SMILES string of the molecule is CC(=O)Oc1ccc2c(c1)Oc1cc(OC(C)=O)ccc1C21OC(=O)C2(Cl)C1=CC=C(CCl)C2Cl. The van der Waals surface area contributed by atoms with E-state index in [1.165, 1.54) is 26.0 Å². The fraction of sp³-hybridized carbons (Fsp3) is 0.240. The zero-order valence-corrected chi connectivity index (χ0v) is 20.7. The van der Waals surface area contributed by atoms with E-state index in [2.05, 4.69) is 0 Å². The molecule has 0 radical (unpaired) electrons. The smallest absolute Gasteiger partial charge is 0.335 e. The van der Waals surface area contributed by atoms with Gasteiger partial charge in [0.05, 0.1) is 5.38 Å². The third-order valence-electron chi connectivity index (χ3n) is 6.02. The first-order valence-electron chi connectivity index (χ1n) is 10.5. The van der Waals surface area contributed by atoms with Crippen molar-refractivity contribution in [1.82, 2.24) is 0 Å². The Hall–Kier alpha value is -3.00. The Balaban J connectivity index is 1.78. The third kappa shape index (κ3) is 3.44. The summed E-state index contributed by atoms with van der Waals surface area (Å²) in [6.45, 7) is 2.55. The highest BCUT2D eigenvalue weighted by atomic mass is 35.5. The number of carbonyl (C=O) groups is 3. The molecule has 7 nitrogen and oxygen atoms in total. The molecular formula is C25H17Cl3O7. The Morgan fingerprint density at radius 1 is 0.971 bits per heavy atom. The lowest BCUT2D eigenvalue weighted by Crippen LogP contribution is -2.44. The number of halogens is 3. The fourth-order valence-electron chi connectivity index (χ4n) is 4.63. The van der Waals surface area contributed by atoms with Crippen LogP contribution < -0.4 is 14.2 Å². The van der Waals surface area contributed by atoms with E-state index in [0.717, 1.165) is 0 Å². The molecule has 10 heteroatoms. The average Bonchev–Trinajstić information content (AvgIpc) is 3.02. The molecule has 2 aromatic rings. The molecule has 2 heterocycles. The van der Waals surface area contributed by atoms with Gasteiger partial charge in [-0.25, -0.2) is 4.79 Å². The van der Waals surface area contributed by atoms with E-state index >= 15 is 0 Å². The summed E-state index contributed by atoms with van der Waals surface area (Å²) in [5, 5.41) is -0.955. The molecule has 1 aliphatic carbocycles. The normalized spacial score (nSPS) is 23.1. The number of allylic oxidation sites excluding steroid dienone is 3. The highest BCUT2D eigenvalue weighted by Crippen LogP contribution is 2.63. The molecule has 2 atom stereocenters. The van der Waals surface area contributed by atoms with Crippen LogP contribution in [0.15, 0.2) is 59.7 Å². The quantitative estimate of drug-likeness (QED) is 0.306. The summed E-state index contributed by atoms with van der Waals surface area (Å²) >= 11 is 19.7. The van der Waals surface area contributed by atoms with Crippen molar-refractivity contribution in [2.45, 2.75) is 29.7 Å². The highest BCUT2D eigenvalue weighted by Gasteiger charge is 2.68. The van der Waals surface area contributed by atoms with Gasteiger partial charge in [0, 0.05) is 48.6 Å².